The van der Waals surface area contributed by atoms with E-state index in [2.05, 4.69) is 0 Å². The van der Waals surface area contributed by atoms with Crippen molar-refractivity contribution in [3.63, 3.8) is 0 Å². The largest absolute Gasteiger partial charge is 0.388 e. The smallest absolute Gasteiger partial charge is 0.226 e. The Hall–Kier alpha value is -0.650. The fourth-order valence-corrected chi connectivity index (χ4v) is 2.15. The molecule has 0 aromatic carbocycles. The fourth-order valence-electron chi connectivity index (χ4n) is 2.15. The monoisotopic (exact) mass is 215 g/mol. The number of ether oxygens (including phenoxy) is 1. The van der Waals surface area contributed by atoms with Crippen molar-refractivity contribution in [3.8, 4) is 0 Å². The molecule has 2 atom stereocenters. The molecule has 1 amide bonds. The van der Waals surface area contributed by atoms with E-state index in [1.54, 1.807) is 4.90 Å². The Balaban J connectivity index is 1.90. The first-order chi connectivity index (χ1) is 7.18. The van der Waals surface area contributed by atoms with Gasteiger partial charge in [0.25, 0.3) is 0 Å². The molecule has 0 aliphatic carbocycles. The molecule has 0 spiro atoms. The number of carbonyl (C=O) groups is 1. The van der Waals surface area contributed by atoms with E-state index in [4.69, 9.17) is 4.74 Å². The third kappa shape index (κ3) is 2.30. The van der Waals surface area contributed by atoms with Crippen molar-refractivity contribution in [2.24, 2.45) is 5.92 Å². The van der Waals surface area contributed by atoms with Gasteiger partial charge in [0, 0.05) is 32.2 Å². The summed E-state index contributed by atoms with van der Waals surface area (Å²) in [5.41, 5.74) is 0. The van der Waals surface area contributed by atoms with Crippen molar-refractivity contribution in [1.82, 2.24) is 4.90 Å². The molecule has 2 N–H and O–H groups in total. The Kier molecular flexibility index (Phi) is 3.23. The number of amides is 1. The number of β-amino-alcohol motifs (C(OH)–C–C–N with tert-alkyl or cyclic N) is 2. The predicted octanol–water partition coefficient (Wildman–Crippen LogP) is -1.02. The van der Waals surface area contributed by atoms with Crippen molar-refractivity contribution < 1.29 is 19.7 Å². The van der Waals surface area contributed by atoms with Gasteiger partial charge in [-0.05, 0) is 12.8 Å². The zero-order chi connectivity index (χ0) is 10.8. The third-order valence-electron chi connectivity index (χ3n) is 3.14. The van der Waals surface area contributed by atoms with E-state index in [-0.39, 0.29) is 24.9 Å². The van der Waals surface area contributed by atoms with Gasteiger partial charge in [-0.2, -0.15) is 0 Å². The molecule has 2 heterocycles. The zero-order valence-corrected chi connectivity index (χ0v) is 8.63. The first kappa shape index (κ1) is 10.9. The summed E-state index contributed by atoms with van der Waals surface area (Å²) in [4.78, 5) is 13.5. The Morgan fingerprint density at radius 2 is 1.67 bits per heavy atom. The SMILES string of the molecule is O=C(C1CCOCC1)N1CC(O)C(O)C1. The molecule has 2 aliphatic rings. The van der Waals surface area contributed by atoms with Gasteiger partial charge in [0.1, 0.15) is 0 Å². The van der Waals surface area contributed by atoms with Crippen LogP contribution in [-0.2, 0) is 9.53 Å². The zero-order valence-electron chi connectivity index (χ0n) is 8.63. The van der Waals surface area contributed by atoms with Crippen LogP contribution in [0.15, 0.2) is 0 Å². The summed E-state index contributed by atoms with van der Waals surface area (Å²) in [6, 6.07) is 0. The van der Waals surface area contributed by atoms with Gasteiger partial charge in [0.2, 0.25) is 5.91 Å². The number of hydrogen-bond acceptors (Lipinski definition) is 4. The number of nitrogens with zero attached hydrogens (tertiary/aromatic N) is 1. The second kappa shape index (κ2) is 4.47. The predicted molar refractivity (Wildman–Crippen MR) is 52.1 cm³/mol. The van der Waals surface area contributed by atoms with Gasteiger partial charge < -0.3 is 19.8 Å². The van der Waals surface area contributed by atoms with E-state index in [1.165, 1.54) is 0 Å². The normalized spacial score (nSPS) is 33.3. The van der Waals surface area contributed by atoms with Crippen LogP contribution in [0, 0.1) is 5.92 Å². The fraction of sp³-hybridized carbons (Fsp3) is 0.900. The Morgan fingerprint density at radius 3 is 2.20 bits per heavy atom. The van der Waals surface area contributed by atoms with E-state index in [0.29, 0.717) is 13.2 Å². The maximum Gasteiger partial charge on any atom is 0.226 e. The summed E-state index contributed by atoms with van der Waals surface area (Å²) < 4.78 is 5.19. The molecular weight excluding hydrogens is 198 g/mol. The van der Waals surface area contributed by atoms with Crippen LogP contribution >= 0.6 is 0 Å². The average molecular weight is 215 g/mol. The van der Waals surface area contributed by atoms with Gasteiger partial charge in [-0.25, -0.2) is 0 Å². The number of carbonyl (C=O) groups excluding carboxylic acids is 1. The molecule has 5 heteroatoms. The molecule has 2 aliphatic heterocycles. The molecule has 86 valence electrons. The van der Waals surface area contributed by atoms with Crippen LogP contribution in [0.5, 0.6) is 0 Å². The van der Waals surface area contributed by atoms with Crippen LogP contribution in [0.1, 0.15) is 12.8 Å². The van der Waals surface area contributed by atoms with E-state index >= 15 is 0 Å². The van der Waals surface area contributed by atoms with Gasteiger partial charge in [-0.1, -0.05) is 0 Å². The molecule has 0 bridgehead atoms. The standard InChI is InChI=1S/C10H17NO4/c12-8-5-11(6-9(8)13)10(14)7-1-3-15-4-2-7/h7-9,12-13H,1-6H2. The number of aliphatic hydroxyl groups is 2. The molecule has 2 saturated heterocycles. The summed E-state index contributed by atoms with van der Waals surface area (Å²) in [6.07, 6.45) is -0.0640. The molecule has 0 saturated carbocycles. The lowest BCUT2D eigenvalue weighted by molar-refractivity contribution is -0.138. The number of aliphatic hydroxyl groups excluding tert-OH is 2. The van der Waals surface area contributed by atoms with Crippen LogP contribution in [0.25, 0.3) is 0 Å². The van der Waals surface area contributed by atoms with E-state index in [9.17, 15) is 15.0 Å². The van der Waals surface area contributed by atoms with Crippen LogP contribution in [0.3, 0.4) is 0 Å². The highest BCUT2D eigenvalue weighted by Crippen LogP contribution is 2.20. The lowest BCUT2D eigenvalue weighted by Gasteiger charge is -2.26. The lowest BCUT2D eigenvalue weighted by atomic mass is 9.99. The van der Waals surface area contributed by atoms with Gasteiger partial charge >= 0.3 is 0 Å². The summed E-state index contributed by atoms with van der Waals surface area (Å²) in [5.74, 6) is 0.0603. The highest BCUT2D eigenvalue weighted by atomic mass is 16.5. The summed E-state index contributed by atoms with van der Waals surface area (Å²) in [7, 11) is 0. The van der Waals surface area contributed by atoms with E-state index in [0.717, 1.165) is 12.8 Å². The number of likely N-dealkylation sites (tertiary alicyclic amines) is 1. The summed E-state index contributed by atoms with van der Waals surface area (Å²) in [6.45, 7) is 1.79. The first-order valence-corrected chi connectivity index (χ1v) is 5.41. The Morgan fingerprint density at radius 1 is 1.13 bits per heavy atom. The maximum atomic E-state index is 11.9. The van der Waals surface area contributed by atoms with Gasteiger partial charge in [-0.15, -0.1) is 0 Å². The molecule has 2 rings (SSSR count). The van der Waals surface area contributed by atoms with E-state index < -0.39 is 12.2 Å². The number of rotatable bonds is 1. The average Bonchev–Trinajstić information content (AvgIpc) is 2.59. The van der Waals surface area contributed by atoms with E-state index in [1.807, 2.05) is 0 Å². The highest BCUT2D eigenvalue weighted by Gasteiger charge is 2.35. The van der Waals surface area contributed by atoms with Crippen LogP contribution < -0.4 is 0 Å². The van der Waals surface area contributed by atoms with Crippen LogP contribution in [0.2, 0.25) is 0 Å². The van der Waals surface area contributed by atoms with Crippen molar-refractivity contribution in [3.05, 3.63) is 0 Å². The minimum atomic E-state index is -0.784. The molecule has 0 radical (unpaired) electrons. The third-order valence-corrected chi connectivity index (χ3v) is 3.14. The highest BCUT2D eigenvalue weighted by molar-refractivity contribution is 5.79. The molecule has 2 fully saturated rings. The van der Waals surface area contributed by atoms with Crippen molar-refractivity contribution in [1.29, 1.82) is 0 Å². The Bertz CT molecular complexity index is 230. The minimum Gasteiger partial charge on any atom is -0.388 e. The maximum absolute atomic E-state index is 11.9. The molecule has 15 heavy (non-hydrogen) atoms. The van der Waals surface area contributed by atoms with Gasteiger partial charge in [0.15, 0.2) is 0 Å². The molecule has 0 aromatic rings. The summed E-state index contributed by atoms with van der Waals surface area (Å²) in [5, 5.41) is 18.7. The quantitative estimate of drug-likeness (QED) is 0.587. The van der Waals surface area contributed by atoms with Crippen molar-refractivity contribution in [2.75, 3.05) is 26.3 Å². The topological polar surface area (TPSA) is 70.0 Å². The lowest BCUT2D eigenvalue weighted by Crippen LogP contribution is -2.37. The van der Waals surface area contributed by atoms with Crippen molar-refractivity contribution >= 4 is 5.91 Å². The molecule has 5 nitrogen and oxygen atoms in total. The second-order valence-electron chi connectivity index (χ2n) is 4.26. The van der Waals surface area contributed by atoms with Gasteiger partial charge in [0.05, 0.1) is 12.2 Å². The minimum absolute atomic E-state index is 0.0104. The molecular formula is C10H17NO4. The van der Waals surface area contributed by atoms with Crippen molar-refractivity contribution in [2.45, 2.75) is 25.0 Å². The van der Waals surface area contributed by atoms with Gasteiger partial charge in [-0.3, -0.25) is 4.79 Å². The summed E-state index contributed by atoms with van der Waals surface area (Å²) >= 11 is 0. The molecule has 2 unspecified atom stereocenters. The van der Waals surface area contributed by atoms with Crippen LogP contribution in [-0.4, -0.2) is 59.5 Å². The Labute approximate surface area is 88.6 Å². The second-order valence-corrected chi connectivity index (χ2v) is 4.26. The number of hydrogen-bond donors (Lipinski definition) is 2. The first-order valence-electron chi connectivity index (χ1n) is 5.41. The molecule has 0 aromatic heterocycles. The van der Waals surface area contributed by atoms with Crippen LogP contribution in [0.4, 0.5) is 0 Å².